The molecule has 0 unspecified atom stereocenters. The van der Waals surface area contributed by atoms with E-state index in [4.69, 9.17) is 25.8 Å². The number of anilines is 1. The Morgan fingerprint density at radius 2 is 1.79 bits per heavy atom. The summed E-state index contributed by atoms with van der Waals surface area (Å²) in [6, 6.07) is 11.4. The van der Waals surface area contributed by atoms with E-state index in [0.29, 0.717) is 34.7 Å². The molecule has 2 rings (SSSR count). The highest BCUT2D eigenvalue weighted by Crippen LogP contribution is 2.28. The maximum atomic E-state index is 12.2. The molecule has 0 bridgehead atoms. The Morgan fingerprint density at radius 1 is 1.07 bits per heavy atom. The van der Waals surface area contributed by atoms with Crippen LogP contribution in [0.2, 0.25) is 5.02 Å². The minimum absolute atomic E-state index is 0.271. The van der Waals surface area contributed by atoms with Crippen LogP contribution < -0.4 is 14.8 Å². The van der Waals surface area contributed by atoms with Crippen molar-refractivity contribution in [2.75, 3.05) is 25.6 Å². The van der Waals surface area contributed by atoms with Crippen LogP contribution in [-0.2, 0) is 9.53 Å². The van der Waals surface area contributed by atoms with Gasteiger partial charge >= 0.3 is 5.97 Å². The molecule has 0 aliphatic heterocycles. The standard InChI is InChI=1S/C21H24ClNO5/c1-14(2)10-11-27-18-9-4-15(12-19(18)26-3)21(25)28-13-20(24)23-17-7-5-16(22)6-8-17/h4-9,12,14H,10-11,13H2,1-3H3,(H,23,24). The number of benzene rings is 2. The highest BCUT2D eigenvalue weighted by atomic mass is 35.5. The molecule has 0 aliphatic rings. The topological polar surface area (TPSA) is 73.9 Å². The van der Waals surface area contributed by atoms with Gasteiger partial charge in [0.15, 0.2) is 18.1 Å². The smallest absolute Gasteiger partial charge is 0.338 e. The van der Waals surface area contributed by atoms with Crippen molar-refractivity contribution in [3.8, 4) is 11.5 Å². The predicted molar refractivity (Wildman–Crippen MR) is 108 cm³/mol. The number of hydrogen-bond acceptors (Lipinski definition) is 5. The van der Waals surface area contributed by atoms with Gasteiger partial charge in [0.2, 0.25) is 0 Å². The highest BCUT2D eigenvalue weighted by molar-refractivity contribution is 6.30. The minimum atomic E-state index is -0.627. The molecule has 0 fully saturated rings. The Labute approximate surface area is 169 Å². The van der Waals surface area contributed by atoms with Gasteiger partial charge in [-0.1, -0.05) is 25.4 Å². The zero-order chi connectivity index (χ0) is 20.5. The van der Waals surface area contributed by atoms with E-state index in [0.717, 1.165) is 6.42 Å². The molecule has 1 N–H and O–H groups in total. The second kappa shape index (κ2) is 10.6. The van der Waals surface area contributed by atoms with Gasteiger partial charge in [-0.05, 0) is 54.8 Å². The van der Waals surface area contributed by atoms with Crippen molar-refractivity contribution < 1.29 is 23.8 Å². The lowest BCUT2D eigenvalue weighted by Gasteiger charge is -2.13. The largest absolute Gasteiger partial charge is 0.493 e. The van der Waals surface area contributed by atoms with Crippen molar-refractivity contribution in [1.29, 1.82) is 0 Å². The van der Waals surface area contributed by atoms with Gasteiger partial charge in [0.25, 0.3) is 5.91 Å². The Morgan fingerprint density at radius 3 is 2.43 bits per heavy atom. The number of nitrogens with one attached hydrogen (secondary N) is 1. The van der Waals surface area contributed by atoms with Gasteiger partial charge in [-0.25, -0.2) is 4.79 Å². The van der Waals surface area contributed by atoms with Gasteiger partial charge in [-0.2, -0.15) is 0 Å². The van der Waals surface area contributed by atoms with Crippen LogP contribution in [0, 0.1) is 5.92 Å². The third-order valence-electron chi connectivity index (χ3n) is 3.81. The highest BCUT2D eigenvalue weighted by Gasteiger charge is 2.14. The number of carbonyl (C=O) groups is 2. The number of halogens is 1. The fraction of sp³-hybridized carbons (Fsp3) is 0.333. The molecule has 0 aromatic heterocycles. The summed E-state index contributed by atoms with van der Waals surface area (Å²) >= 11 is 5.80. The molecule has 6 nitrogen and oxygen atoms in total. The summed E-state index contributed by atoms with van der Waals surface area (Å²) in [4.78, 5) is 24.1. The SMILES string of the molecule is COc1cc(C(=O)OCC(=O)Nc2ccc(Cl)cc2)ccc1OCCC(C)C. The fourth-order valence-electron chi connectivity index (χ4n) is 2.26. The molecule has 0 saturated heterocycles. The van der Waals surface area contributed by atoms with Crippen molar-refractivity contribution in [1.82, 2.24) is 0 Å². The van der Waals surface area contributed by atoms with E-state index < -0.39 is 18.5 Å². The quantitative estimate of drug-likeness (QED) is 0.618. The van der Waals surface area contributed by atoms with Crippen LogP contribution in [0.3, 0.4) is 0 Å². The Kier molecular flexibility index (Phi) is 8.14. The number of ether oxygens (including phenoxy) is 3. The molecular weight excluding hydrogens is 382 g/mol. The van der Waals surface area contributed by atoms with Gasteiger partial charge < -0.3 is 19.5 Å². The molecule has 0 radical (unpaired) electrons. The number of carbonyl (C=O) groups excluding carboxylic acids is 2. The molecule has 150 valence electrons. The van der Waals surface area contributed by atoms with Crippen molar-refractivity contribution in [3.05, 3.63) is 53.1 Å². The lowest BCUT2D eigenvalue weighted by Crippen LogP contribution is -2.20. The number of methoxy groups -OCH3 is 1. The number of esters is 1. The summed E-state index contributed by atoms with van der Waals surface area (Å²) in [6.45, 7) is 4.38. The zero-order valence-corrected chi connectivity index (χ0v) is 16.9. The molecule has 0 saturated carbocycles. The van der Waals surface area contributed by atoms with Crippen LogP contribution >= 0.6 is 11.6 Å². The zero-order valence-electron chi connectivity index (χ0n) is 16.2. The second-order valence-electron chi connectivity index (χ2n) is 6.53. The molecule has 2 aromatic carbocycles. The molecule has 1 amide bonds. The van der Waals surface area contributed by atoms with Crippen LogP contribution in [0.15, 0.2) is 42.5 Å². The summed E-state index contributed by atoms with van der Waals surface area (Å²) in [5, 5.41) is 3.19. The van der Waals surface area contributed by atoms with Gasteiger partial charge in [-0.3, -0.25) is 4.79 Å². The molecule has 0 atom stereocenters. The Hall–Kier alpha value is -2.73. The Balaban J connectivity index is 1.90. The Bertz CT molecular complexity index is 805. The van der Waals surface area contributed by atoms with Crippen LogP contribution in [0.1, 0.15) is 30.6 Å². The maximum Gasteiger partial charge on any atom is 0.338 e. The van der Waals surface area contributed by atoms with Crippen molar-refractivity contribution >= 4 is 29.2 Å². The molecule has 7 heteroatoms. The normalized spacial score (nSPS) is 10.5. The van der Waals surface area contributed by atoms with Crippen LogP contribution in [0.25, 0.3) is 0 Å². The summed E-state index contributed by atoms with van der Waals surface area (Å²) in [5.41, 5.74) is 0.836. The molecular formula is C21H24ClNO5. The molecule has 0 spiro atoms. The number of rotatable bonds is 9. The lowest BCUT2D eigenvalue weighted by atomic mass is 10.1. The van der Waals surface area contributed by atoms with Gasteiger partial charge in [0.05, 0.1) is 19.3 Å². The average molecular weight is 406 g/mol. The molecule has 28 heavy (non-hydrogen) atoms. The summed E-state index contributed by atoms with van der Waals surface area (Å²) in [6.07, 6.45) is 0.912. The van der Waals surface area contributed by atoms with Crippen LogP contribution in [0.4, 0.5) is 5.69 Å². The van der Waals surface area contributed by atoms with Gasteiger partial charge in [0.1, 0.15) is 0 Å². The third-order valence-corrected chi connectivity index (χ3v) is 4.07. The minimum Gasteiger partial charge on any atom is -0.493 e. The van der Waals surface area contributed by atoms with Crippen molar-refractivity contribution in [2.45, 2.75) is 20.3 Å². The van der Waals surface area contributed by atoms with E-state index in [-0.39, 0.29) is 5.56 Å². The number of hydrogen-bond donors (Lipinski definition) is 1. The summed E-state index contributed by atoms with van der Waals surface area (Å²) < 4.78 is 16.0. The predicted octanol–water partition coefficient (Wildman–Crippen LogP) is 4.57. The van der Waals surface area contributed by atoms with E-state index in [1.54, 1.807) is 36.4 Å². The van der Waals surface area contributed by atoms with E-state index in [1.165, 1.54) is 13.2 Å². The summed E-state index contributed by atoms with van der Waals surface area (Å²) in [5.74, 6) is 0.442. The number of amides is 1. The van der Waals surface area contributed by atoms with Crippen LogP contribution in [-0.4, -0.2) is 32.2 Å². The average Bonchev–Trinajstić information content (AvgIpc) is 2.67. The maximum absolute atomic E-state index is 12.2. The van der Waals surface area contributed by atoms with E-state index in [1.807, 2.05) is 0 Å². The van der Waals surface area contributed by atoms with E-state index in [2.05, 4.69) is 19.2 Å². The van der Waals surface area contributed by atoms with Crippen molar-refractivity contribution in [3.63, 3.8) is 0 Å². The first-order valence-corrected chi connectivity index (χ1v) is 9.30. The first kappa shape index (κ1) is 21.6. The molecule has 0 aliphatic carbocycles. The van der Waals surface area contributed by atoms with Gasteiger partial charge in [-0.15, -0.1) is 0 Å². The first-order valence-electron chi connectivity index (χ1n) is 8.92. The first-order chi connectivity index (χ1) is 13.4. The second-order valence-corrected chi connectivity index (χ2v) is 6.96. The van der Waals surface area contributed by atoms with Crippen molar-refractivity contribution in [2.24, 2.45) is 5.92 Å². The van der Waals surface area contributed by atoms with E-state index >= 15 is 0 Å². The van der Waals surface area contributed by atoms with Gasteiger partial charge in [0, 0.05) is 10.7 Å². The molecule has 2 aromatic rings. The monoisotopic (exact) mass is 405 g/mol. The third kappa shape index (κ3) is 6.78. The summed E-state index contributed by atoms with van der Waals surface area (Å²) in [7, 11) is 1.50. The van der Waals surface area contributed by atoms with E-state index in [9.17, 15) is 9.59 Å². The fourth-order valence-corrected chi connectivity index (χ4v) is 2.39. The van der Waals surface area contributed by atoms with Crippen LogP contribution in [0.5, 0.6) is 11.5 Å². The molecule has 0 heterocycles. The lowest BCUT2D eigenvalue weighted by molar-refractivity contribution is -0.119.